The Hall–Kier alpha value is -6.62. The normalized spacial score (nSPS) is 12.9. The molecule has 56 heavy (non-hydrogen) atoms. The number of halogens is 4. The van der Waals surface area contributed by atoms with Crippen LogP contribution in [-0.4, -0.2) is 75.3 Å². The summed E-state index contributed by atoms with van der Waals surface area (Å²) in [6.45, 7) is 0. The molecule has 0 saturated carbocycles. The van der Waals surface area contributed by atoms with Crippen LogP contribution in [0.15, 0.2) is 91.0 Å². The zero-order valence-electron chi connectivity index (χ0n) is 29.0. The molecule has 0 aliphatic rings. The van der Waals surface area contributed by atoms with E-state index in [1.807, 2.05) is 30.3 Å². The van der Waals surface area contributed by atoms with Crippen molar-refractivity contribution in [1.29, 1.82) is 0 Å². The third-order valence-corrected chi connectivity index (χ3v) is 8.59. The van der Waals surface area contributed by atoms with E-state index in [2.05, 4.69) is 31.0 Å². The summed E-state index contributed by atoms with van der Waals surface area (Å²) >= 11 is 6.09. The molecule has 0 bridgehead atoms. The highest BCUT2D eigenvalue weighted by atomic mass is 35.5. The van der Waals surface area contributed by atoms with Crippen molar-refractivity contribution in [3.8, 4) is 5.75 Å². The van der Waals surface area contributed by atoms with Crippen LogP contribution in [0, 0.1) is 0 Å². The molecule has 5 rings (SSSR count). The van der Waals surface area contributed by atoms with Gasteiger partial charge in [-0.05, 0) is 71.3 Å². The summed E-state index contributed by atoms with van der Waals surface area (Å²) in [6, 6.07) is 18.3. The highest BCUT2D eigenvalue weighted by Gasteiger charge is 2.33. The van der Waals surface area contributed by atoms with Gasteiger partial charge in [0.25, 0.3) is 5.91 Å². The van der Waals surface area contributed by atoms with Gasteiger partial charge >= 0.3 is 18.3 Å². The molecule has 0 aliphatic heterocycles. The average molecular weight is 796 g/mol. The first kappa shape index (κ1) is 40.6. The van der Waals surface area contributed by atoms with Crippen molar-refractivity contribution in [2.75, 3.05) is 5.32 Å². The Balaban J connectivity index is 1.36. The predicted octanol–water partition coefficient (Wildman–Crippen LogP) is 5.16. The summed E-state index contributed by atoms with van der Waals surface area (Å²) in [5, 5.41) is 31.3. The van der Waals surface area contributed by atoms with Crippen LogP contribution in [0.4, 0.5) is 18.9 Å². The Morgan fingerprint density at radius 2 is 1.39 bits per heavy atom. The molecule has 0 spiro atoms. The molecule has 1 heterocycles. The number of fused-ring (bicyclic) bond motifs is 2. The topological polar surface area (TPSA) is 216 Å². The molecule has 14 nitrogen and oxygen atoms in total. The fourth-order valence-corrected chi connectivity index (χ4v) is 5.89. The summed E-state index contributed by atoms with van der Waals surface area (Å²) in [4.78, 5) is 80.4. The van der Waals surface area contributed by atoms with Crippen LogP contribution in [-0.2, 0) is 30.4 Å². The van der Waals surface area contributed by atoms with E-state index in [-0.39, 0.29) is 17.8 Å². The first-order valence-electron chi connectivity index (χ1n) is 16.8. The molecule has 3 unspecified atom stereocenters. The van der Waals surface area contributed by atoms with Gasteiger partial charge in [0, 0.05) is 34.5 Å². The van der Waals surface area contributed by atoms with Crippen LogP contribution in [0.2, 0.25) is 5.02 Å². The minimum Gasteiger partial charge on any atom is -0.481 e. The number of ether oxygens (including phenoxy) is 1. The summed E-state index contributed by atoms with van der Waals surface area (Å²) in [5.74, 6) is -7.29. The number of aliphatic carboxylic acids is 2. The molecule has 1 aromatic heterocycles. The van der Waals surface area contributed by atoms with E-state index in [0.29, 0.717) is 21.5 Å². The largest absolute Gasteiger partial charge is 0.573 e. The number of hydrogen-bond acceptors (Lipinski definition) is 7. The lowest BCUT2D eigenvalue weighted by Gasteiger charge is -2.25. The number of nitrogens with one attached hydrogen (secondary N) is 5. The third-order valence-electron chi connectivity index (χ3n) is 8.35. The van der Waals surface area contributed by atoms with Crippen LogP contribution in [0.3, 0.4) is 0 Å². The Bertz CT molecular complexity index is 2280. The Labute approximate surface area is 320 Å². The molecule has 7 N–H and O–H groups in total. The number of H-pyrrole nitrogens is 1. The van der Waals surface area contributed by atoms with E-state index < -0.39 is 85.1 Å². The van der Waals surface area contributed by atoms with E-state index in [1.54, 1.807) is 30.3 Å². The highest BCUT2D eigenvalue weighted by molar-refractivity contribution is 6.31. The smallest absolute Gasteiger partial charge is 0.481 e. The van der Waals surface area contributed by atoms with Crippen molar-refractivity contribution in [3.05, 3.63) is 107 Å². The second kappa shape index (κ2) is 17.7. The van der Waals surface area contributed by atoms with Crippen molar-refractivity contribution < 1.29 is 56.9 Å². The summed E-state index contributed by atoms with van der Waals surface area (Å²) in [5.41, 5.74) is 1.23. The highest BCUT2D eigenvalue weighted by Crippen LogP contribution is 2.25. The van der Waals surface area contributed by atoms with Crippen LogP contribution in [0.5, 0.6) is 5.75 Å². The summed E-state index contributed by atoms with van der Waals surface area (Å²) in [6.07, 6.45) is -7.18. The maximum atomic E-state index is 13.9. The van der Waals surface area contributed by atoms with Gasteiger partial charge in [0.15, 0.2) is 0 Å². The Kier molecular flexibility index (Phi) is 12.8. The lowest BCUT2D eigenvalue weighted by atomic mass is 10.0. The number of carbonyl (C=O) groups is 6. The molecule has 5 aromatic rings. The number of aromatic amines is 1. The Morgan fingerprint density at radius 1 is 0.714 bits per heavy atom. The number of benzene rings is 4. The molecule has 0 aliphatic carbocycles. The van der Waals surface area contributed by atoms with Crippen molar-refractivity contribution in [2.45, 2.75) is 50.2 Å². The molecule has 0 radical (unpaired) electrons. The lowest BCUT2D eigenvalue weighted by Crippen LogP contribution is -2.57. The monoisotopic (exact) mass is 795 g/mol. The number of rotatable bonds is 16. The van der Waals surface area contributed by atoms with Crippen LogP contribution < -0.4 is 26.0 Å². The predicted molar refractivity (Wildman–Crippen MR) is 197 cm³/mol. The number of hydrogen-bond donors (Lipinski definition) is 7. The molecule has 0 fully saturated rings. The summed E-state index contributed by atoms with van der Waals surface area (Å²) < 4.78 is 41.5. The van der Waals surface area contributed by atoms with E-state index >= 15 is 0 Å². The quantitative estimate of drug-likeness (QED) is 0.0701. The first-order chi connectivity index (χ1) is 26.5. The van der Waals surface area contributed by atoms with Crippen molar-refractivity contribution >= 4 is 74.5 Å². The lowest BCUT2D eigenvalue weighted by molar-refractivity contribution is -0.274. The molecular weight excluding hydrogens is 763 g/mol. The zero-order valence-corrected chi connectivity index (χ0v) is 29.7. The number of carboxylic acids is 2. The van der Waals surface area contributed by atoms with Gasteiger partial charge in [-0.2, -0.15) is 0 Å². The summed E-state index contributed by atoms with van der Waals surface area (Å²) in [7, 11) is 0. The number of alkyl halides is 3. The minimum atomic E-state index is -4.96. The zero-order chi connectivity index (χ0) is 40.6. The molecule has 292 valence electrons. The van der Waals surface area contributed by atoms with Gasteiger partial charge in [0.05, 0.1) is 6.42 Å². The van der Waals surface area contributed by atoms with Crippen molar-refractivity contribution in [3.63, 3.8) is 0 Å². The Morgan fingerprint density at radius 3 is 2.07 bits per heavy atom. The minimum absolute atomic E-state index is 0.0418. The van der Waals surface area contributed by atoms with Crippen molar-refractivity contribution in [1.82, 2.24) is 20.9 Å². The molecular formula is C38H33ClF3N5O9. The number of amides is 4. The molecule has 18 heteroatoms. The standard InChI is InChI=1S/C38H33ClF3N5O9/c39-24-7-12-27-23(17-24)18-30(44-27)36(54)46-29(16-20-5-6-21-3-1-2-4-22(21)15-20)35(53)47-31(19-33(50)51)37(55)45-28(13-14-32(48)49)34(52)43-25-8-10-26(11-9-25)56-38(40,41)42/h1-12,15,17-18,28-29,31,44H,13-14,16,19H2,(H,43,52)(H,45,55)(H,46,54)(H,47,53)(H,48,49)(H,50,51). The third kappa shape index (κ3) is 11.4. The fraction of sp³-hybridized carbons (Fsp3) is 0.211. The van der Waals surface area contributed by atoms with Crippen LogP contribution in [0.1, 0.15) is 35.3 Å². The number of carboxylic acid groups (broad SMARTS) is 2. The fourth-order valence-electron chi connectivity index (χ4n) is 5.71. The first-order valence-corrected chi connectivity index (χ1v) is 17.2. The van der Waals surface area contributed by atoms with E-state index in [9.17, 15) is 52.2 Å². The number of carbonyl (C=O) groups excluding carboxylic acids is 4. The SMILES string of the molecule is O=C(O)CCC(NC(=O)C(CC(=O)O)NC(=O)C(Cc1ccc2ccccc2c1)NC(=O)c1cc2cc(Cl)ccc2[nH]1)C(=O)Nc1ccc(OC(F)(F)F)cc1. The number of anilines is 1. The van der Waals surface area contributed by atoms with Gasteiger partial charge in [-0.1, -0.05) is 54.1 Å². The van der Waals surface area contributed by atoms with Gasteiger partial charge in [0.2, 0.25) is 17.7 Å². The van der Waals surface area contributed by atoms with E-state index in [1.165, 1.54) is 6.07 Å². The maximum absolute atomic E-state index is 13.9. The second-order valence-electron chi connectivity index (χ2n) is 12.5. The van der Waals surface area contributed by atoms with Gasteiger partial charge in [-0.15, -0.1) is 13.2 Å². The molecule has 4 aromatic carbocycles. The molecule has 4 amide bonds. The van der Waals surface area contributed by atoms with Crippen LogP contribution in [0.25, 0.3) is 21.7 Å². The van der Waals surface area contributed by atoms with Gasteiger partial charge in [-0.25, -0.2) is 0 Å². The van der Waals surface area contributed by atoms with E-state index in [4.69, 9.17) is 11.6 Å². The molecule has 0 saturated heterocycles. The molecule has 3 atom stereocenters. The van der Waals surface area contributed by atoms with Gasteiger partial charge in [0.1, 0.15) is 29.6 Å². The number of aromatic nitrogens is 1. The van der Waals surface area contributed by atoms with E-state index in [0.717, 1.165) is 35.0 Å². The van der Waals surface area contributed by atoms with Crippen molar-refractivity contribution in [2.24, 2.45) is 0 Å². The second-order valence-corrected chi connectivity index (χ2v) is 13.0. The maximum Gasteiger partial charge on any atom is 0.573 e. The van der Waals surface area contributed by atoms with Gasteiger partial charge in [-0.3, -0.25) is 28.8 Å². The average Bonchev–Trinajstić information content (AvgIpc) is 3.56. The van der Waals surface area contributed by atoms with Gasteiger partial charge < -0.3 is 41.2 Å². The van der Waals surface area contributed by atoms with Crippen LogP contribution >= 0.6 is 11.6 Å².